The summed E-state index contributed by atoms with van der Waals surface area (Å²) in [7, 11) is 0. The van der Waals surface area contributed by atoms with Gasteiger partial charge in [-0.3, -0.25) is 4.79 Å². The molecule has 2 aromatic rings. The van der Waals surface area contributed by atoms with E-state index in [0.29, 0.717) is 22.8 Å². The van der Waals surface area contributed by atoms with Crippen LogP contribution in [-0.2, 0) is 17.1 Å². The molecular formula is C12H8ClF3N2OS. The van der Waals surface area contributed by atoms with Crippen molar-refractivity contribution >= 4 is 34.5 Å². The number of carbonyl (C=O) groups is 1. The topological polar surface area (TPSA) is 42.0 Å². The summed E-state index contributed by atoms with van der Waals surface area (Å²) < 4.78 is 38.7. The molecule has 1 heterocycles. The molecule has 0 saturated carbocycles. The van der Waals surface area contributed by atoms with Crippen molar-refractivity contribution in [2.45, 2.75) is 12.3 Å². The minimum absolute atomic E-state index is 0.0534. The molecule has 0 atom stereocenters. The zero-order valence-electron chi connectivity index (χ0n) is 9.92. The highest BCUT2D eigenvalue weighted by Crippen LogP contribution is 2.18. The predicted octanol–water partition coefficient (Wildman–Crippen LogP) is 3.48. The third kappa shape index (κ3) is 3.49. The number of nitrogens with zero attached hydrogens (tertiary/aromatic N) is 1. The maximum atomic E-state index is 13.0. The Balaban J connectivity index is 2.04. The standard InChI is InChI=1S/C12H8ClF3N2OS/c13-4-7-5-20-11(18-7)3-10(19)17-6-1-8(14)12(16)9(15)2-6/h1-2,5H,3-4H2,(H,17,19). The number of anilines is 1. The maximum absolute atomic E-state index is 13.0. The molecular weight excluding hydrogens is 313 g/mol. The van der Waals surface area contributed by atoms with Crippen molar-refractivity contribution in [3.63, 3.8) is 0 Å². The number of nitrogens with one attached hydrogen (secondary N) is 1. The second-order valence-corrected chi connectivity index (χ2v) is 5.05. The molecule has 0 saturated heterocycles. The van der Waals surface area contributed by atoms with Crippen molar-refractivity contribution in [1.29, 1.82) is 0 Å². The van der Waals surface area contributed by atoms with Gasteiger partial charge in [0.1, 0.15) is 5.01 Å². The van der Waals surface area contributed by atoms with Crippen molar-refractivity contribution in [2.24, 2.45) is 0 Å². The molecule has 0 unspecified atom stereocenters. The lowest BCUT2D eigenvalue weighted by Gasteiger charge is -2.05. The van der Waals surface area contributed by atoms with Gasteiger partial charge >= 0.3 is 0 Å². The van der Waals surface area contributed by atoms with E-state index in [1.54, 1.807) is 5.38 Å². The molecule has 0 aliphatic rings. The van der Waals surface area contributed by atoms with Gasteiger partial charge in [-0.25, -0.2) is 18.2 Å². The Morgan fingerprint density at radius 3 is 2.50 bits per heavy atom. The van der Waals surface area contributed by atoms with Crippen LogP contribution in [-0.4, -0.2) is 10.9 Å². The number of alkyl halides is 1. The second kappa shape index (κ2) is 6.23. The van der Waals surface area contributed by atoms with Gasteiger partial charge in [-0.1, -0.05) is 0 Å². The quantitative estimate of drug-likeness (QED) is 0.692. The number of amides is 1. The lowest BCUT2D eigenvalue weighted by atomic mass is 10.2. The summed E-state index contributed by atoms with van der Waals surface area (Å²) in [6.45, 7) is 0. The van der Waals surface area contributed by atoms with Crippen LogP contribution in [0.3, 0.4) is 0 Å². The van der Waals surface area contributed by atoms with Crippen LogP contribution in [0, 0.1) is 17.5 Å². The Kier molecular flexibility index (Phi) is 4.61. The summed E-state index contributed by atoms with van der Waals surface area (Å²) in [6.07, 6.45) is -0.0534. The molecule has 0 aliphatic carbocycles. The fourth-order valence-electron chi connectivity index (χ4n) is 1.46. The maximum Gasteiger partial charge on any atom is 0.231 e. The third-order valence-electron chi connectivity index (χ3n) is 2.32. The number of carbonyl (C=O) groups excluding carboxylic acids is 1. The van der Waals surface area contributed by atoms with E-state index < -0.39 is 23.4 Å². The van der Waals surface area contributed by atoms with E-state index in [1.165, 1.54) is 11.3 Å². The summed E-state index contributed by atoms with van der Waals surface area (Å²) in [6, 6.07) is 1.42. The molecule has 0 bridgehead atoms. The molecule has 1 aromatic heterocycles. The second-order valence-electron chi connectivity index (χ2n) is 3.85. The molecule has 1 N–H and O–H groups in total. The van der Waals surface area contributed by atoms with Crippen LogP contribution in [0.4, 0.5) is 18.9 Å². The lowest BCUT2D eigenvalue weighted by Crippen LogP contribution is -2.15. The highest BCUT2D eigenvalue weighted by Gasteiger charge is 2.13. The molecule has 2 rings (SSSR count). The average Bonchev–Trinajstić information content (AvgIpc) is 2.83. The fraction of sp³-hybridized carbons (Fsp3) is 0.167. The summed E-state index contributed by atoms with van der Waals surface area (Å²) >= 11 is 6.84. The predicted molar refractivity (Wildman–Crippen MR) is 70.3 cm³/mol. The number of hydrogen-bond donors (Lipinski definition) is 1. The van der Waals surface area contributed by atoms with Gasteiger partial charge in [0.15, 0.2) is 17.5 Å². The number of hydrogen-bond acceptors (Lipinski definition) is 3. The van der Waals surface area contributed by atoms with Crippen LogP contribution in [0.2, 0.25) is 0 Å². The highest BCUT2D eigenvalue weighted by atomic mass is 35.5. The van der Waals surface area contributed by atoms with Gasteiger partial charge < -0.3 is 5.32 Å². The normalized spacial score (nSPS) is 10.6. The van der Waals surface area contributed by atoms with E-state index in [-0.39, 0.29) is 18.0 Å². The SMILES string of the molecule is O=C(Cc1nc(CCl)cs1)Nc1cc(F)c(F)c(F)c1. The van der Waals surface area contributed by atoms with Crippen molar-refractivity contribution in [1.82, 2.24) is 4.98 Å². The van der Waals surface area contributed by atoms with Crippen LogP contribution in [0.15, 0.2) is 17.5 Å². The molecule has 0 fully saturated rings. The molecule has 8 heteroatoms. The van der Waals surface area contributed by atoms with Gasteiger partial charge in [-0.2, -0.15) is 0 Å². The molecule has 0 radical (unpaired) electrons. The first-order chi connectivity index (χ1) is 9.49. The fourth-order valence-corrected chi connectivity index (χ4v) is 2.48. The van der Waals surface area contributed by atoms with E-state index in [0.717, 1.165) is 0 Å². The first-order valence-electron chi connectivity index (χ1n) is 5.43. The van der Waals surface area contributed by atoms with Gasteiger partial charge in [0.2, 0.25) is 5.91 Å². The average molecular weight is 321 g/mol. The Morgan fingerprint density at radius 1 is 1.30 bits per heavy atom. The van der Waals surface area contributed by atoms with Crippen LogP contribution in [0.5, 0.6) is 0 Å². The van der Waals surface area contributed by atoms with E-state index >= 15 is 0 Å². The van der Waals surface area contributed by atoms with Crippen molar-refractivity contribution < 1.29 is 18.0 Å². The molecule has 106 valence electrons. The van der Waals surface area contributed by atoms with E-state index in [9.17, 15) is 18.0 Å². The van der Waals surface area contributed by atoms with Crippen LogP contribution >= 0.6 is 22.9 Å². The molecule has 1 aromatic carbocycles. The van der Waals surface area contributed by atoms with Gasteiger partial charge in [0.25, 0.3) is 0 Å². The highest BCUT2D eigenvalue weighted by molar-refractivity contribution is 7.09. The van der Waals surface area contributed by atoms with Crippen molar-refractivity contribution in [2.75, 3.05) is 5.32 Å². The number of halogens is 4. The number of rotatable bonds is 4. The Hall–Kier alpha value is -1.60. The molecule has 0 spiro atoms. The third-order valence-corrected chi connectivity index (χ3v) is 3.49. The first-order valence-corrected chi connectivity index (χ1v) is 6.84. The van der Waals surface area contributed by atoms with Crippen LogP contribution in [0.25, 0.3) is 0 Å². The van der Waals surface area contributed by atoms with Gasteiger partial charge in [0, 0.05) is 23.2 Å². The van der Waals surface area contributed by atoms with Crippen molar-refractivity contribution in [3.8, 4) is 0 Å². The Morgan fingerprint density at radius 2 is 1.95 bits per heavy atom. The van der Waals surface area contributed by atoms with Crippen LogP contribution in [0.1, 0.15) is 10.7 Å². The smallest absolute Gasteiger partial charge is 0.231 e. The lowest BCUT2D eigenvalue weighted by molar-refractivity contribution is -0.115. The number of thiazole rings is 1. The minimum atomic E-state index is -1.57. The zero-order chi connectivity index (χ0) is 14.7. The van der Waals surface area contributed by atoms with E-state index in [4.69, 9.17) is 11.6 Å². The molecule has 1 amide bonds. The minimum Gasteiger partial charge on any atom is -0.326 e. The van der Waals surface area contributed by atoms with Gasteiger partial charge in [-0.05, 0) is 0 Å². The molecule has 0 aliphatic heterocycles. The van der Waals surface area contributed by atoms with E-state index in [2.05, 4.69) is 10.3 Å². The Labute approximate surface area is 121 Å². The Bertz CT molecular complexity index is 624. The number of benzene rings is 1. The van der Waals surface area contributed by atoms with E-state index in [1.807, 2.05) is 0 Å². The van der Waals surface area contributed by atoms with Gasteiger partial charge in [0.05, 0.1) is 18.0 Å². The summed E-state index contributed by atoms with van der Waals surface area (Å²) in [5, 5.41) is 4.52. The van der Waals surface area contributed by atoms with Gasteiger partial charge in [-0.15, -0.1) is 22.9 Å². The summed E-state index contributed by atoms with van der Waals surface area (Å²) in [5.74, 6) is -4.56. The largest absolute Gasteiger partial charge is 0.326 e. The van der Waals surface area contributed by atoms with Crippen LogP contribution < -0.4 is 5.32 Å². The molecule has 3 nitrogen and oxygen atoms in total. The summed E-state index contributed by atoms with van der Waals surface area (Å²) in [5.41, 5.74) is 0.499. The first kappa shape index (κ1) is 14.8. The molecule has 20 heavy (non-hydrogen) atoms. The van der Waals surface area contributed by atoms with Crippen molar-refractivity contribution in [3.05, 3.63) is 45.7 Å². The zero-order valence-corrected chi connectivity index (χ0v) is 11.5. The summed E-state index contributed by atoms with van der Waals surface area (Å²) in [4.78, 5) is 15.7. The number of aromatic nitrogens is 1. The monoisotopic (exact) mass is 320 g/mol.